The molecule has 0 radical (unpaired) electrons. The summed E-state index contributed by atoms with van der Waals surface area (Å²) in [6, 6.07) is 13.1. The second-order valence-corrected chi connectivity index (χ2v) is 7.17. The third kappa shape index (κ3) is 4.46. The molecular formula is C23H22N4O3. The largest absolute Gasteiger partial charge is 0.485 e. The Labute approximate surface area is 174 Å². The van der Waals surface area contributed by atoms with E-state index in [-0.39, 0.29) is 24.2 Å². The Balaban J connectivity index is 1.36. The summed E-state index contributed by atoms with van der Waals surface area (Å²) in [7, 11) is 0. The maximum absolute atomic E-state index is 12.5. The van der Waals surface area contributed by atoms with Crippen LogP contribution in [0.2, 0.25) is 0 Å². The summed E-state index contributed by atoms with van der Waals surface area (Å²) in [6.07, 6.45) is 5.90. The first-order chi connectivity index (χ1) is 14.6. The highest BCUT2D eigenvalue weighted by Gasteiger charge is 2.16. The van der Waals surface area contributed by atoms with Gasteiger partial charge < -0.3 is 14.6 Å². The molecule has 0 saturated heterocycles. The van der Waals surface area contributed by atoms with Crippen LogP contribution in [0.25, 0.3) is 10.8 Å². The number of fused-ring (bicyclic) bond motifs is 1. The Kier molecular flexibility index (Phi) is 5.70. The van der Waals surface area contributed by atoms with Crippen molar-refractivity contribution in [1.29, 1.82) is 0 Å². The Morgan fingerprint density at radius 2 is 2.10 bits per heavy atom. The van der Waals surface area contributed by atoms with Crippen LogP contribution in [0.1, 0.15) is 34.4 Å². The Morgan fingerprint density at radius 1 is 1.20 bits per heavy atom. The molecule has 0 spiro atoms. The molecule has 3 aromatic heterocycles. The van der Waals surface area contributed by atoms with Gasteiger partial charge in [-0.15, -0.1) is 0 Å². The second kappa shape index (κ2) is 8.73. The average Bonchev–Trinajstić information content (AvgIpc) is 3.23. The zero-order valence-electron chi connectivity index (χ0n) is 16.8. The minimum atomic E-state index is -0.290. The van der Waals surface area contributed by atoms with Crippen molar-refractivity contribution in [3.05, 3.63) is 83.8 Å². The fourth-order valence-electron chi connectivity index (χ4n) is 3.23. The number of aromatic nitrogens is 3. The van der Waals surface area contributed by atoms with Crippen molar-refractivity contribution in [2.24, 2.45) is 0 Å². The fourth-order valence-corrected chi connectivity index (χ4v) is 3.23. The molecule has 0 aliphatic heterocycles. The van der Waals surface area contributed by atoms with E-state index in [4.69, 9.17) is 9.26 Å². The number of rotatable bonds is 7. The van der Waals surface area contributed by atoms with E-state index in [1.54, 1.807) is 24.7 Å². The molecule has 152 valence electrons. The maximum atomic E-state index is 12.5. The van der Waals surface area contributed by atoms with Crippen molar-refractivity contribution in [3.63, 3.8) is 0 Å². The summed E-state index contributed by atoms with van der Waals surface area (Å²) in [4.78, 5) is 21.0. The summed E-state index contributed by atoms with van der Waals surface area (Å²) in [5.41, 5.74) is 2.29. The van der Waals surface area contributed by atoms with Crippen LogP contribution in [-0.4, -0.2) is 27.1 Å². The molecular weight excluding hydrogens is 380 g/mol. The smallest absolute Gasteiger partial charge is 0.273 e. The zero-order valence-corrected chi connectivity index (χ0v) is 16.8. The third-order valence-corrected chi connectivity index (χ3v) is 4.80. The van der Waals surface area contributed by atoms with E-state index in [1.807, 2.05) is 50.2 Å². The number of carbonyl (C=O) groups is 1. The standard InChI is InChI=1S/C23H22N4O3/c1-15-5-4-9-25-20(15)11-16(2)26-23(28)21-12-18(30-27-21)14-29-22-7-3-6-17-13-24-10-8-19(17)22/h3-10,12-13,16H,11,14H2,1-2H3,(H,26,28)/t16-/m1/s1. The van der Waals surface area contributed by atoms with Crippen LogP contribution < -0.4 is 10.1 Å². The molecule has 0 saturated carbocycles. The highest BCUT2D eigenvalue weighted by Crippen LogP contribution is 2.25. The van der Waals surface area contributed by atoms with Crippen LogP contribution in [0, 0.1) is 6.92 Å². The molecule has 0 fully saturated rings. The van der Waals surface area contributed by atoms with E-state index < -0.39 is 0 Å². The molecule has 7 heteroatoms. The fraction of sp³-hybridized carbons (Fsp3) is 0.217. The van der Waals surface area contributed by atoms with Crippen molar-refractivity contribution in [2.75, 3.05) is 0 Å². The van der Waals surface area contributed by atoms with Gasteiger partial charge in [0.2, 0.25) is 0 Å². The van der Waals surface area contributed by atoms with Crippen LogP contribution in [-0.2, 0) is 13.0 Å². The Morgan fingerprint density at radius 3 is 2.97 bits per heavy atom. The molecule has 0 unspecified atom stereocenters. The normalized spacial score (nSPS) is 11.9. The highest BCUT2D eigenvalue weighted by molar-refractivity contribution is 5.92. The lowest BCUT2D eigenvalue weighted by atomic mass is 10.1. The number of aryl methyl sites for hydroxylation is 1. The molecule has 30 heavy (non-hydrogen) atoms. The Bertz CT molecular complexity index is 1170. The molecule has 4 aromatic rings. The summed E-state index contributed by atoms with van der Waals surface area (Å²) >= 11 is 0. The zero-order chi connectivity index (χ0) is 20.9. The first-order valence-electron chi connectivity index (χ1n) is 9.72. The molecule has 7 nitrogen and oxygen atoms in total. The first-order valence-corrected chi connectivity index (χ1v) is 9.72. The molecule has 3 heterocycles. The van der Waals surface area contributed by atoms with E-state index in [9.17, 15) is 4.79 Å². The van der Waals surface area contributed by atoms with Crippen molar-refractivity contribution in [1.82, 2.24) is 20.4 Å². The van der Waals surface area contributed by atoms with Gasteiger partial charge >= 0.3 is 0 Å². The van der Waals surface area contributed by atoms with Crippen LogP contribution in [0.15, 0.2) is 65.6 Å². The van der Waals surface area contributed by atoms with Gasteiger partial charge in [0.1, 0.15) is 12.4 Å². The summed E-state index contributed by atoms with van der Waals surface area (Å²) in [5.74, 6) is 0.901. The SMILES string of the molecule is Cc1cccnc1C[C@@H](C)NC(=O)c1cc(COc2cccc3cnccc23)on1. The number of ether oxygens (including phenoxy) is 1. The van der Waals surface area contributed by atoms with E-state index in [0.29, 0.717) is 12.2 Å². The molecule has 0 aliphatic carbocycles. The van der Waals surface area contributed by atoms with Crippen LogP contribution in [0.4, 0.5) is 0 Å². The number of hydrogen-bond acceptors (Lipinski definition) is 6. The lowest BCUT2D eigenvalue weighted by Gasteiger charge is -2.13. The van der Waals surface area contributed by atoms with Crippen molar-refractivity contribution in [2.45, 2.75) is 32.9 Å². The number of benzene rings is 1. The number of nitrogens with zero attached hydrogens (tertiary/aromatic N) is 3. The summed E-state index contributed by atoms with van der Waals surface area (Å²) in [6.45, 7) is 4.11. The van der Waals surface area contributed by atoms with Gasteiger partial charge in [-0.3, -0.25) is 14.8 Å². The highest BCUT2D eigenvalue weighted by atomic mass is 16.5. The monoisotopic (exact) mass is 402 g/mol. The Hall–Kier alpha value is -3.74. The topological polar surface area (TPSA) is 90.1 Å². The lowest BCUT2D eigenvalue weighted by molar-refractivity contribution is 0.0930. The predicted molar refractivity (Wildman–Crippen MR) is 112 cm³/mol. The van der Waals surface area contributed by atoms with E-state index in [2.05, 4.69) is 20.4 Å². The van der Waals surface area contributed by atoms with Gasteiger partial charge in [0, 0.05) is 53.6 Å². The quantitative estimate of drug-likeness (QED) is 0.505. The van der Waals surface area contributed by atoms with Gasteiger partial charge in [0.05, 0.1) is 0 Å². The van der Waals surface area contributed by atoms with Gasteiger partial charge in [-0.25, -0.2) is 0 Å². The molecule has 1 aromatic carbocycles. The molecule has 4 rings (SSSR count). The van der Waals surface area contributed by atoms with E-state index >= 15 is 0 Å². The van der Waals surface area contributed by atoms with Crippen molar-refractivity contribution < 1.29 is 14.1 Å². The summed E-state index contributed by atoms with van der Waals surface area (Å²) in [5, 5.41) is 8.76. The predicted octanol–water partition coefficient (Wildman–Crippen LogP) is 3.87. The van der Waals surface area contributed by atoms with Gasteiger partial charge in [-0.05, 0) is 37.6 Å². The van der Waals surface area contributed by atoms with Crippen LogP contribution in [0.3, 0.4) is 0 Å². The van der Waals surface area contributed by atoms with E-state index in [0.717, 1.165) is 27.8 Å². The van der Waals surface area contributed by atoms with Gasteiger partial charge in [0.25, 0.3) is 5.91 Å². The first kappa shape index (κ1) is 19.6. The van der Waals surface area contributed by atoms with Crippen molar-refractivity contribution in [3.8, 4) is 5.75 Å². The number of pyridine rings is 2. The second-order valence-electron chi connectivity index (χ2n) is 7.17. The van der Waals surface area contributed by atoms with Crippen LogP contribution in [0.5, 0.6) is 5.75 Å². The van der Waals surface area contributed by atoms with Gasteiger partial charge in [-0.2, -0.15) is 0 Å². The number of amides is 1. The van der Waals surface area contributed by atoms with Gasteiger partial charge in [0.15, 0.2) is 11.5 Å². The maximum Gasteiger partial charge on any atom is 0.273 e. The average molecular weight is 402 g/mol. The third-order valence-electron chi connectivity index (χ3n) is 4.80. The molecule has 1 amide bonds. The minimum absolute atomic E-state index is 0.0909. The molecule has 0 aliphatic rings. The lowest BCUT2D eigenvalue weighted by Crippen LogP contribution is -2.34. The number of hydrogen-bond donors (Lipinski definition) is 1. The molecule has 0 bridgehead atoms. The van der Waals surface area contributed by atoms with Gasteiger partial charge in [-0.1, -0.05) is 23.4 Å². The number of carbonyl (C=O) groups excluding carboxylic acids is 1. The molecule has 1 N–H and O–H groups in total. The van der Waals surface area contributed by atoms with E-state index in [1.165, 1.54) is 0 Å². The summed E-state index contributed by atoms with van der Waals surface area (Å²) < 4.78 is 11.1. The number of nitrogens with one attached hydrogen (secondary N) is 1. The van der Waals surface area contributed by atoms with Crippen LogP contribution >= 0.6 is 0 Å². The van der Waals surface area contributed by atoms with Crippen molar-refractivity contribution >= 4 is 16.7 Å². The molecule has 1 atom stereocenters. The minimum Gasteiger partial charge on any atom is -0.485 e.